The Bertz CT molecular complexity index is 1530. The summed E-state index contributed by atoms with van der Waals surface area (Å²) in [6, 6.07) is 17.9. The van der Waals surface area contributed by atoms with Crippen LogP contribution in [0.25, 0.3) is 22.3 Å². The lowest BCUT2D eigenvalue weighted by Gasteiger charge is -2.32. The molecule has 2 aliphatic heterocycles. The first kappa shape index (κ1) is 27.9. The van der Waals surface area contributed by atoms with Gasteiger partial charge in [-0.1, -0.05) is 24.3 Å². The minimum Gasteiger partial charge on any atom is -0.457 e. The summed E-state index contributed by atoms with van der Waals surface area (Å²) >= 11 is 0. The van der Waals surface area contributed by atoms with Crippen molar-refractivity contribution in [2.24, 2.45) is 0 Å². The summed E-state index contributed by atoms with van der Waals surface area (Å²) in [5, 5.41) is 5.73. The number of fused-ring (bicyclic) bond motifs is 1. The minimum absolute atomic E-state index is 0.0211. The fourth-order valence-electron chi connectivity index (χ4n) is 5.81. The number of likely N-dealkylation sites (tertiary alicyclic amines) is 1. The molecule has 2 N–H and O–H groups in total. The van der Waals surface area contributed by atoms with Crippen LogP contribution < -0.4 is 10.5 Å². The topological polar surface area (TPSA) is 112 Å². The van der Waals surface area contributed by atoms with E-state index in [1.54, 1.807) is 6.08 Å². The van der Waals surface area contributed by atoms with Gasteiger partial charge in [0.2, 0.25) is 5.91 Å². The van der Waals surface area contributed by atoms with Gasteiger partial charge in [-0.3, -0.25) is 9.69 Å². The number of nitrogen functional groups attached to an aromatic ring is 1. The molecule has 0 spiro atoms. The quantitative estimate of drug-likeness (QED) is 0.305. The van der Waals surface area contributed by atoms with Crippen LogP contribution in [0.4, 0.5) is 5.82 Å². The van der Waals surface area contributed by atoms with E-state index in [4.69, 9.17) is 20.3 Å². The van der Waals surface area contributed by atoms with E-state index >= 15 is 0 Å². The molecule has 1 unspecified atom stereocenters. The second kappa shape index (κ2) is 12.7. The van der Waals surface area contributed by atoms with Crippen LogP contribution in [0, 0.1) is 0 Å². The number of para-hydroxylation sites is 1. The van der Waals surface area contributed by atoms with Crippen LogP contribution in [0.2, 0.25) is 0 Å². The summed E-state index contributed by atoms with van der Waals surface area (Å²) in [4.78, 5) is 26.2. The van der Waals surface area contributed by atoms with Gasteiger partial charge in [-0.25, -0.2) is 14.6 Å². The number of nitrogens with zero attached hydrogens (tertiary/aromatic N) is 6. The molecule has 6 rings (SSSR count). The van der Waals surface area contributed by atoms with Gasteiger partial charge < -0.3 is 20.1 Å². The standard InChI is InChI=1S/C32H37N7O3/c1-37(24-15-19-41-20-16-24)17-6-10-28(40)38-18-5-7-25(21-38)39-32-29(31(33)34-22-35-32)30(36-39)23-11-13-27(14-12-23)42-26-8-3-2-4-9-26/h2-4,6,8-14,22,24-25H,5,7,15-21H2,1H3,(H2,33,34,35)/b10-6+. The first-order valence-corrected chi connectivity index (χ1v) is 14.6. The van der Waals surface area contributed by atoms with Crippen LogP contribution in [0.15, 0.2) is 73.1 Å². The Morgan fingerprint density at radius 1 is 1.07 bits per heavy atom. The van der Waals surface area contributed by atoms with Crippen LogP contribution >= 0.6 is 0 Å². The molecule has 2 fully saturated rings. The van der Waals surface area contributed by atoms with Crippen molar-refractivity contribution in [1.82, 2.24) is 29.5 Å². The summed E-state index contributed by atoms with van der Waals surface area (Å²) in [5.74, 6) is 1.91. The van der Waals surface area contributed by atoms with E-state index in [-0.39, 0.29) is 11.9 Å². The second-order valence-corrected chi connectivity index (χ2v) is 11.0. The maximum absolute atomic E-state index is 13.2. The number of aromatic nitrogens is 4. The van der Waals surface area contributed by atoms with Gasteiger partial charge in [0, 0.05) is 50.5 Å². The lowest BCUT2D eigenvalue weighted by Crippen LogP contribution is -2.40. The predicted octanol–water partition coefficient (Wildman–Crippen LogP) is 4.70. The molecular weight excluding hydrogens is 530 g/mol. The van der Waals surface area contributed by atoms with E-state index in [0.717, 1.165) is 69.0 Å². The number of carbonyl (C=O) groups is 1. The molecule has 10 heteroatoms. The number of anilines is 1. The summed E-state index contributed by atoms with van der Waals surface area (Å²) in [6.45, 7) is 3.64. The van der Waals surface area contributed by atoms with Crippen molar-refractivity contribution in [3.63, 3.8) is 0 Å². The average molecular weight is 568 g/mol. The van der Waals surface area contributed by atoms with E-state index in [2.05, 4.69) is 21.9 Å². The number of hydrogen-bond donors (Lipinski definition) is 1. The third-order valence-corrected chi connectivity index (χ3v) is 8.15. The number of carbonyl (C=O) groups excluding carboxylic acids is 1. The maximum atomic E-state index is 13.2. The fraction of sp³-hybridized carbons (Fsp3) is 0.375. The molecule has 2 aliphatic rings. The summed E-state index contributed by atoms with van der Waals surface area (Å²) < 4.78 is 13.4. The van der Waals surface area contributed by atoms with Gasteiger partial charge in [0.25, 0.3) is 0 Å². The molecule has 42 heavy (non-hydrogen) atoms. The van der Waals surface area contributed by atoms with Gasteiger partial charge in [-0.2, -0.15) is 5.10 Å². The van der Waals surface area contributed by atoms with Gasteiger partial charge in [-0.05, 0) is 69.1 Å². The van der Waals surface area contributed by atoms with Gasteiger partial charge in [0.1, 0.15) is 29.3 Å². The first-order valence-electron chi connectivity index (χ1n) is 14.6. The zero-order valence-electron chi connectivity index (χ0n) is 23.9. The Morgan fingerprint density at radius 3 is 2.62 bits per heavy atom. The van der Waals surface area contributed by atoms with E-state index in [9.17, 15) is 4.79 Å². The van der Waals surface area contributed by atoms with Crippen LogP contribution in [0.3, 0.4) is 0 Å². The van der Waals surface area contributed by atoms with Gasteiger partial charge >= 0.3 is 0 Å². The third kappa shape index (κ3) is 6.14. The number of amides is 1. The summed E-state index contributed by atoms with van der Waals surface area (Å²) in [7, 11) is 2.11. The molecule has 4 aromatic rings. The van der Waals surface area contributed by atoms with Crippen LogP contribution in [-0.4, -0.2) is 81.4 Å². The molecule has 0 aliphatic carbocycles. The second-order valence-electron chi connectivity index (χ2n) is 11.0. The first-order chi connectivity index (χ1) is 20.6. The number of likely N-dealkylation sites (N-methyl/N-ethyl adjacent to an activating group) is 1. The van der Waals surface area contributed by atoms with Crippen molar-refractivity contribution in [3.8, 4) is 22.8 Å². The number of ether oxygens (including phenoxy) is 2. The molecule has 4 heterocycles. The minimum atomic E-state index is -0.0211. The van der Waals surface area contributed by atoms with Crippen molar-refractivity contribution in [3.05, 3.63) is 73.1 Å². The molecular formula is C32H37N7O3. The Balaban J connectivity index is 1.18. The molecule has 1 amide bonds. The van der Waals surface area contributed by atoms with E-state index < -0.39 is 0 Å². The fourth-order valence-corrected chi connectivity index (χ4v) is 5.81. The Labute approximate surface area is 245 Å². The van der Waals surface area contributed by atoms with E-state index in [0.29, 0.717) is 35.1 Å². The van der Waals surface area contributed by atoms with Gasteiger partial charge in [0.15, 0.2) is 5.65 Å². The van der Waals surface area contributed by atoms with Crippen LogP contribution in [-0.2, 0) is 9.53 Å². The number of nitrogens with two attached hydrogens (primary N) is 1. The van der Waals surface area contributed by atoms with Crippen molar-refractivity contribution in [2.75, 3.05) is 45.6 Å². The van der Waals surface area contributed by atoms with Crippen LogP contribution in [0.1, 0.15) is 31.7 Å². The van der Waals surface area contributed by atoms with Gasteiger partial charge in [0.05, 0.1) is 11.4 Å². The molecule has 0 saturated carbocycles. The smallest absolute Gasteiger partial charge is 0.246 e. The Hall–Kier alpha value is -4.28. The summed E-state index contributed by atoms with van der Waals surface area (Å²) in [5.41, 5.74) is 8.65. The SMILES string of the molecule is CN(C/C=C/C(=O)N1CCCC(n2nc(-c3ccc(Oc4ccccc4)cc3)c3c(N)ncnc32)C1)C1CCOCC1. The number of piperidine rings is 1. The predicted molar refractivity (Wildman–Crippen MR) is 162 cm³/mol. The molecule has 1 atom stereocenters. The maximum Gasteiger partial charge on any atom is 0.246 e. The normalized spacial score (nSPS) is 18.2. The Morgan fingerprint density at radius 2 is 1.83 bits per heavy atom. The number of benzene rings is 2. The van der Waals surface area contributed by atoms with Crippen molar-refractivity contribution in [2.45, 2.75) is 37.8 Å². The van der Waals surface area contributed by atoms with Crippen molar-refractivity contribution >= 4 is 22.8 Å². The van der Waals surface area contributed by atoms with Gasteiger partial charge in [-0.15, -0.1) is 0 Å². The zero-order chi connectivity index (χ0) is 28.9. The lowest BCUT2D eigenvalue weighted by molar-refractivity contribution is -0.127. The third-order valence-electron chi connectivity index (χ3n) is 8.15. The van der Waals surface area contributed by atoms with E-state index in [1.165, 1.54) is 6.33 Å². The molecule has 0 bridgehead atoms. The van der Waals surface area contributed by atoms with Crippen molar-refractivity contribution in [1.29, 1.82) is 0 Å². The molecule has 10 nitrogen and oxygen atoms in total. The largest absolute Gasteiger partial charge is 0.457 e. The number of hydrogen-bond acceptors (Lipinski definition) is 8. The molecule has 2 saturated heterocycles. The number of rotatable bonds is 8. The molecule has 0 radical (unpaired) electrons. The molecule has 218 valence electrons. The Kier molecular flexibility index (Phi) is 8.43. The lowest BCUT2D eigenvalue weighted by atomic mass is 10.1. The average Bonchev–Trinajstić information content (AvgIpc) is 3.43. The van der Waals surface area contributed by atoms with E-state index in [1.807, 2.05) is 70.3 Å². The highest BCUT2D eigenvalue weighted by Crippen LogP contribution is 2.35. The zero-order valence-corrected chi connectivity index (χ0v) is 23.9. The highest BCUT2D eigenvalue weighted by atomic mass is 16.5. The highest BCUT2D eigenvalue weighted by Gasteiger charge is 2.28. The molecule has 2 aromatic carbocycles. The highest BCUT2D eigenvalue weighted by molar-refractivity contribution is 5.98. The summed E-state index contributed by atoms with van der Waals surface area (Å²) in [6.07, 6.45) is 9.00. The van der Waals surface area contributed by atoms with Crippen LogP contribution in [0.5, 0.6) is 11.5 Å². The molecule has 2 aromatic heterocycles. The monoisotopic (exact) mass is 567 g/mol. The van der Waals surface area contributed by atoms with Crippen molar-refractivity contribution < 1.29 is 14.3 Å².